The maximum atomic E-state index is 11.6. The Balaban J connectivity index is 0.00000441. The van der Waals surface area contributed by atoms with Gasteiger partial charge in [-0.25, -0.2) is 0 Å². The van der Waals surface area contributed by atoms with Crippen LogP contribution in [0.15, 0.2) is 23.2 Å². The van der Waals surface area contributed by atoms with Crippen LogP contribution in [0.5, 0.6) is 0 Å². The Kier molecular flexibility index (Phi) is 12.5. The molecule has 5 heteroatoms. The topological polar surface area (TPSA) is 77.4 Å². The minimum atomic E-state index is -0.816. The normalized spacial score (nSPS) is 14.9. The van der Waals surface area contributed by atoms with Crippen molar-refractivity contribution in [1.82, 2.24) is 0 Å². The van der Waals surface area contributed by atoms with E-state index >= 15 is 0 Å². The van der Waals surface area contributed by atoms with Gasteiger partial charge in [0.1, 0.15) is 5.76 Å². The summed E-state index contributed by atoms with van der Waals surface area (Å²) in [6.07, 6.45) is 11.3. The summed E-state index contributed by atoms with van der Waals surface area (Å²) >= 11 is 0. The van der Waals surface area contributed by atoms with E-state index in [1.807, 2.05) is 0 Å². The number of carbonyl (C=O) groups is 2. The molecule has 0 bridgehead atoms. The quantitative estimate of drug-likeness (QED) is 0.267. The zero-order chi connectivity index (χ0) is 15.7. The molecule has 118 valence electrons. The van der Waals surface area contributed by atoms with E-state index in [1.165, 1.54) is 38.5 Å². The minimum absolute atomic E-state index is 0. The first kappa shape index (κ1) is 22.1. The maximum Gasteiger partial charge on any atom is 1.00 e. The molecule has 0 heterocycles. The Morgan fingerprint density at radius 3 is 2.00 bits per heavy atom. The van der Waals surface area contributed by atoms with Crippen LogP contribution in [0, 0.1) is 0 Å². The number of aliphatic hydroxyl groups excluding tert-OH is 1. The molecule has 0 aromatic carbocycles. The monoisotopic (exact) mass is 332 g/mol. The number of unbranched alkanes of at least 4 members (excludes halogenated alkanes) is 8. The van der Waals surface area contributed by atoms with Crippen molar-refractivity contribution in [1.29, 1.82) is 0 Å². The molecule has 0 saturated carbocycles. The van der Waals surface area contributed by atoms with Crippen molar-refractivity contribution in [3.8, 4) is 0 Å². The first-order chi connectivity index (χ1) is 10.1. The summed E-state index contributed by atoms with van der Waals surface area (Å²) < 4.78 is 0. The van der Waals surface area contributed by atoms with E-state index in [-0.39, 0.29) is 57.0 Å². The smallest absolute Gasteiger partial charge is 0.870 e. The van der Waals surface area contributed by atoms with Crippen LogP contribution >= 0.6 is 0 Å². The molecule has 0 atom stereocenters. The van der Waals surface area contributed by atoms with Crippen molar-refractivity contribution in [3.05, 3.63) is 23.2 Å². The van der Waals surface area contributed by atoms with E-state index in [9.17, 15) is 19.8 Å². The van der Waals surface area contributed by atoms with Crippen LogP contribution < -0.4 is 56.5 Å². The van der Waals surface area contributed by atoms with Gasteiger partial charge in [-0.15, -0.1) is 0 Å². The van der Waals surface area contributed by atoms with Crippen LogP contribution in [0.25, 0.3) is 0 Å². The summed E-state index contributed by atoms with van der Waals surface area (Å²) in [6, 6.07) is 0. The molecule has 0 aromatic rings. The average Bonchev–Trinajstić information content (AvgIpc) is 2.46. The van der Waals surface area contributed by atoms with Gasteiger partial charge in [0.25, 0.3) is 0 Å². The van der Waals surface area contributed by atoms with Crippen molar-refractivity contribution < 1.29 is 71.2 Å². The molecule has 0 saturated heterocycles. The van der Waals surface area contributed by atoms with Gasteiger partial charge in [-0.2, -0.15) is 0 Å². The van der Waals surface area contributed by atoms with Crippen LogP contribution in [0.4, 0.5) is 0 Å². The van der Waals surface area contributed by atoms with Gasteiger partial charge >= 0.3 is 51.4 Å². The summed E-state index contributed by atoms with van der Waals surface area (Å²) in [5.74, 6) is -2.83. The molecule has 0 aromatic heterocycles. The van der Waals surface area contributed by atoms with Crippen LogP contribution in [0.1, 0.15) is 71.1 Å². The standard InChI is InChI=1S/C17H26O4.K/c1-2-3-4-5-6-7-8-9-10-11-13-16(20)14(18)12-15(19)17(13)21;/h12,18,20H,2-11H2,1H3;/q;+1/p-1. The molecule has 4 nitrogen and oxygen atoms in total. The Hall–Kier alpha value is 0.0564. The maximum absolute atomic E-state index is 11.6. The molecule has 1 rings (SSSR count). The number of hydrogen-bond donors (Lipinski definition) is 1. The summed E-state index contributed by atoms with van der Waals surface area (Å²) in [5, 5.41) is 20.9. The van der Waals surface area contributed by atoms with Crippen LogP contribution in [-0.2, 0) is 9.59 Å². The van der Waals surface area contributed by atoms with E-state index in [2.05, 4.69) is 6.92 Å². The summed E-state index contributed by atoms with van der Waals surface area (Å²) in [4.78, 5) is 22.8. The van der Waals surface area contributed by atoms with Crippen molar-refractivity contribution in [3.63, 3.8) is 0 Å². The zero-order valence-electron chi connectivity index (χ0n) is 13.8. The molecule has 0 spiro atoms. The van der Waals surface area contributed by atoms with Crippen LogP contribution in [-0.4, -0.2) is 16.7 Å². The molecule has 0 radical (unpaired) electrons. The third kappa shape index (κ3) is 7.55. The van der Waals surface area contributed by atoms with E-state index in [0.29, 0.717) is 12.5 Å². The van der Waals surface area contributed by atoms with Crippen molar-refractivity contribution in [2.45, 2.75) is 71.1 Å². The SMILES string of the molecule is CCCCCCCCCCCC1=C(O)C([O-])=CC(=O)C1=O.[K+]. The van der Waals surface area contributed by atoms with Gasteiger partial charge in [-0.1, -0.05) is 64.0 Å². The number of carbonyl (C=O) groups excluding carboxylic acids is 2. The molecular formula is C17H25KO4. The zero-order valence-corrected chi connectivity index (χ0v) is 16.9. The fourth-order valence-electron chi connectivity index (χ4n) is 2.50. The number of allylic oxidation sites excluding steroid dienone is 2. The van der Waals surface area contributed by atoms with Gasteiger partial charge in [0, 0.05) is 5.57 Å². The minimum Gasteiger partial charge on any atom is -0.870 e. The molecule has 0 fully saturated rings. The fraction of sp³-hybridized carbons (Fsp3) is 0.647. The van der Waals surface area contributed by atoms with E-state index < -0.39 is 23.1 Å². The van der Waals surface area contributed by atoms with Gasteiger partial charge in [-0.3, -0.25) is 9.59 Å². The third-order valence-electron chi connectivity index (χ3n) is 3.81. The average molecular weight is 332 g/mol. The van der Waals surface area contributed by atoms with E-state index in [4.69, 9.17) is 0 Å². The number of rotatable bonds is 10. The largest absolute Gasteiger partial charge is 1.00 e. The molecule has 0 unspecified atom stereocenters. The number of Topliss-reactive ketones (excluding diaryl/α,β-unsaturated/α-hetero) is 1. The van der Waals surface area contributed by atoms with Gasteiger partial charge in [0.2, 0.25) is 11.6 Å². The number of hydrogen-bond acceptors (Lipinski definition) is 4. The van der Waals surface area contributed by atoms with Gasteiger partial charge in [0.05, 0.1) is 0 Å². The summed E-state index contributed by atoms with van der Waals surface area (Å²) in [7, 11) is 0. The number of ketones is 2. The molecule has 1 aliphatic carbocycles. The fourth-order valence-corrected chi connectivity index (χ4v) is 2.50. The first-order valence-electron chi connectivity index (χ1n) is 7.97. The van der Waals surface area contributed by atoms with Crippen molar-refractivity contribution in [2.24, 2.45) is 0 Å². The predicted octanol–water partition coefficient (Wildman–Crippen LogP) is 0.119. The van der Waals surface area contributed by atoms with Gasteiger partial charge < -0.3 is 10.2 Å². The third-order valence-corrected chi connectivity index (χ3v) is 3.81. The second kappa shape index (κ2) is 12.5. The Bertz CT molecular complexity index is 438. The Labute approximate surface area is 175 Å². The van der Waals surface area contributed by atoms with Gasteiger partial charge in [-0.05, 0) is 18.9 Å². The summed E-state index contributed by atoms with van der Waals surface area (Å²) in [6.45, 7) is 2.20. The number of aliphatic hydroxyl groups is 1. The first-order valence-corrected chi connectivity index (χ1v) is 7.97. The van der Waals surface area contributed by atoms with Crippen LogP contribution in [0.3, 0.4) is 0 Å². The molecule has 0 amide bonds. The van der Waals surface area contributed by atoms with Crippen molar-refractivity contribution in [2.75, 3.05) is 0 Å². The summed E-state index contributed by atoms with van der Waals surface area (Å²) in [5.41, 5.74) is -0.00422. The molecule has 1 aliphatic rings. The van der Waals surface area contributed by atoms with Crippen molar-refractivity contribution >= 4 is 11.6 Å². The van der Waals surface area contributed by atoms with E-state index in [0.717, 1.165) is 19.3 Å². The molecule has 0 aliphatic heterocycles. The predicted molar refractivity (Wildman–Crippen MR) is 79.6 cm³/mol. The molecule has 1 N–H and O–H groups in total. The Morgan fingerprint density at radius 2 is 1.45 bits per heavy atom. The second-order valence-electron chi connectivity index (χ2n) is 5.61. The van der Waals surface area contributed by atoms with Gasteiger partial charge in [0.15, 0.2) is 0 Å². The second-order valence-corrected chi connectivity index (χ2v) is 5.61. The molecule has 22 heavy (non-hydrogen) atoms. The van der Waals surface area contributed by atoms with E-state index in [1.54, 1.807) is 0 Å². The van der Waals surface area contributed by atoms with Crippen LogP contribution in [0.2, 0.25) is 0 Å². The molecular weight excluding hydrogens is 307 g/mol. The Morgan fingerprint density at radius 1 is 0.955 bits per heavy atom.